The van der Waals surface area contributed by atoms with Gasteiger partial charge in [-0.15, -0.1) is 0 Å². The summed E-state index contributed by atoms with van der Waals surface area (Å²) in [6.45, 7) is 2.41. The Hall–Kier alpha value is -1.36. The highest BCUT2D eigenvalue weighted by atomic mass is 79.9. The van der Waals surface area contributed by atoms with Crippen molar-refractivity contribution in [3.8, 4) is 0 Å². The molecule has 0 spiro atoms. The Balaban J connectivity index is 2.32. The second kappa shape index (κ2) is 4.25. The van der Waals surface area contributed by atoms with Crippen LogP contribution in [-0.4, -0.2) is 24.9 Å². The van der Waals surface area contributed by atoms with E-state index in [4.69, 9.17) is 0 Å². The first-order chi connectivity index (χ1) is 7.56. The van der Waals surface area contributed by atoms with Crippen LogP contribution < -0.4 is 10.2 Å². The van der Waals surface area contributed by atoms with Crippen molar-refractivity contribution < 1.29 is 9.59 Å². The van der Waals surface area contributed by atoms with Gasteiger partial charge in [0.1, 0.15) is 0 Å². The van der Waals surface area contributed by atoms with E-state index in [2.05, 4.69) is 21.2 Å². The van der Waals surface area contributed by atoms with Gasteiger partial charge in [-0.2, -0.15) is 0 Å². The molecule has 5 heteroatoms. The molecule has 0 radical (unpaired) electrons. The van der Waals surface area contributed by atoms with E-state index >= 15 is 0 Å². The normalized spacial score (nSPS) is 16.2. The van der Waals surface area contributed by atoms with Crippen molar-refractivity contribution in [3.63, 3.8) is 0 Å². The van der Waals surface area contributed by atoms with Gasteiger partial charge in [0.2, 0.25) is 11.8 Å². The van der Waals surface area contributed by atoms with Crippen LogP contribution in [-0.2, 0) is 9.59 Å². The molecule has 0 unspecified atom stereocenters. The van der Waals surface area contributed by atoms with Crippen LogP contribution in [0.5, 0.6) is 0 Å². The van der Waals surface area contributed by atoms with E-state index in [1.54, 1.807) is 4.90 Å². The number of piperazine rings is 1. The third kappa shape index (κ3) is 2.24. The first-order valence-corrected chi connectivity index (χ1v) is 5.69. The topological polar surface area (TPSA) is 49.4 Å². The zero-order chi connectivity index (χ0) is 11.7. The van der Waals surface area contributed by atoms with E-state index in [9.17, 15) is 9.59 Å². The molecule has 16 heavy (non-hydrogen) atoms. The summed E-state index contributed by atoms with van der Waals surface area (Å²) in [6.07, 6.45) is 0. The maximum Gasteiger partial charge on any atom is 0.246 e. The van der Waals surface area contributed by atoms with Crippen molar-refractivity contribution in [2.24, 2.45) is 0 Å². The molecule has 84 valence electrons. The van der Waals surface area contributed by atoms with Gasteiger partial charge < -0.3 is 4.90 Å². The first-order valence-electron chi connectivity index (χ1n) is 4.90. The van der Waals surface area contributed by atoms with Crippen molar-refractivity contribution in [3.05, 3.63) is 28.2 Å². The molecule has 0 atom stereocenters. The second-order valence-corrected chi connectivity index (χ2v) is 4.67. The lowest BCUT2D eigenvalue weighted by atomic mass is 10.1. The molecule has 1 aromatic carbocycles. The molecule has 1 fully saturated rings. The first kappa shape index (κ1) is 11.1. The summed E-state index contributed by atoms with van der Waals surface area (Å²) in [7, 11) is 0. The monoisotopic (exact) mass is 282 g/mol. The van der Waals surface area contributed by atoms with Gasteiger partial charge >= 0.3 is 0 Å². The van der Waals surface area contributed by atoms with Crippen LogP contribution in [0, 0.1) is 6.92 Å². The minimum atomic E-state index is -0.254. The zero-order valence-corrected chi connectivity index (χ0v) is 10.4. The van der Waals surface area contributed by atoms with Crippen LogP contribution in [0.1, 0.15) is 5.56 Å². The van der Waals surface area contributed by atoms with E-state index in [1.807, 2.05) is 25.1 Å². The fourth-order valence-electron chi connectivity index (χ4n) is 1.73. The Morgan fingerprint density at radius 3 is 2.50 bits per heavy atom. The SMILES string of the molecule is Cc1ccc(Br)cc1N1CC(=O)NC(=O)C1. The van der Waals surface area contributed by atoms with Crippen molar-refractivity contribution in [2.75, 3.05) is 18.0 Å². The molecule has 1 N–H and O–H groups in total. The summed E-state index contributed by atoms with van der Waals surface area (Å²) in [4.78, 5) is 24.3. The molecule has 0 aromatic heterocycles. The molecular formula is C11H11BrN2O2. The summed E-state index contributed by atoms with van der Waals surface area (Å²) in [5.41, 5.74) is 1.96. The number of imide groups is 1. The third-order valence-corrected chi connectivity index (χ3v) is 2.95. The Labute approximate surface area is 102 Å². The highest BCUT2D eigenvalue weighted by Crippen LogP contribution is 2.24. The number of amides is 2. The van der Waals surface area contributed by atoms with Crippen LogP contribution in [0.2, 0.25) is 0 Å². The van der Waals surface area contributed by atoms with Crippen LogP contribution >= 0.6 is 15.9 Å². The largest absolute Gasteiger partial charge is 0.353 e. The summed E-state index contributed by atoms with van der Waals surface area (Å²) in [5, 5.41) is 2.28. The molecule has 0 saturated carbocycles. The molecule has 0 bridgehead atoms. The predicted molar refractivity (Wildman–Crippen MR) is 64.2 cm³/mol. The van der Waals surface area contributed by atoms with Crippen LogP contribution in [0.25, 0.3) is 0 Å². The maximum atomic E-state index is 11.3. The van der Waals surface area contributed by atoms with Crippen molar-refractivity contribution in [2.45, 2.75) is 6.92 Å². The van der Waals surface area contributed by atoms with E-state index in [1.165, 1.54) is 0 Å². The Kier molecular flexibility index (Phi) is 2.96. The number of aryl methyl sites for hydroxylation is 1. The molecule has 1 aromatic rings. The molecule has 2 amide bonds. The molecule has 1 aliphatic rings. The third-order valence-electron chi connectivity index (χ3n) is 2.46. The molecule has 2 rings (SSSR count). The van der Waals surface area contributed by atoms with E-state index in [0.717, 1.165) is 15.7 Å². The number of nitrogens with zero attached hydrogens (tertiary/aromatic N) is 1. The lowest BCUT2D eigenvalue weighted by molar-refractivity contribution is -0.130. The van der Waals surface area contributed by atoms with Gasteiger partial charge in [0.25, 0.3) is 0 Å². The molecule has 1 aliphatic heterocycles. The van der Waals surface area contributed by atoms with Gasteiger partial charge in [0, 0.05) is 10.2 Å². The molecular weight excluding hydrogens is 272 g/mol. The summed E-state index contributed by atoms with van der Waals surface area (Å²) in [6, 6.07) is 5.81. The van der Waals surface area contributed by atoms with Gasteiger partial charge in [-0.25, -0.2) is 0 Å². The lowest BCUT2D eigenvalue weighted by Gasteiger charge is -2.28. The van der Waals surface area contributed by atoms with Gasteiger partial charge in [-0.05, 0) is 24.6 Å². The van der Waals surface area contributed by atoms with E-state index in [0.29, 0.717) is 0 Å². The predicted octanol–water partition coefficient (Wildman–Crippen LogP) is 1.22. The quantitative estimate of drug-likeness (QED) is 0.788. The fraction of sp³-hybridized carbons (Fsp3) is 0.273. The number of anilines is 1. The average Bonchev–Trinajstić information content (AvgIpc) is 2.20. The van der Waals surface area contributed by atoms with Crippen LogP contribution in [0.3, 0.4) is 0 Å². The van der Waals surface area contributed by atoms with Crippen molar-refractivity contribution >= 4 is 33.4 Å². The van der Waals surface area contributed by atoms with Gasteiger partial charge in [-0.1, -0.05) is 22.0 Å². The summed E-state index contributed by atoms with van der Waals surface area (Å²) >= 11 is 3.38. The van der Waals surface area contributed by atoms with Crippen molar-refractivity contribution in [1.29, 1.82) is 0 Å². The van der Waals surface area contributed by atoms with Crippen LogP contribution in [0.15, 0.2) is 22.7 Å². The Bertz CT molecular complexity index is 443. The van der Waals surface area contributed by atoms with Gasteiger partial charge in [-0.3, -0.25) is 14.9 Å². The Morgan fingerprint density at radius 2 is 1.88 bits per heavy atom. The second-order valence-electron chi connectivity index (χ2n) is 3.76. The molecule has 1 saturated heterocycles. The molecule has 4 nitrogen and oxygen atoms in total. The van der Waals surface area contributed by atoms with Gasteiger partial charge in [0.05, 0.1) is 13.1 Å². The number of halogens is 1. The summed E-state index contributed by atoms with van der Waals surface area (Å²) < 4.78 is 0.937. The van der Waals surface area contributed by atoms with E-state index in [-0.39, 0.29) is 24.9 Å². The molecule has 0 aliphatic carbocycles. The zero-order valence-electron chi connectivity index (χ0n) is 8.79. The standard InChI is InChI=1S/C11H11BrN2O2/c1-7-2-3-8(12)4-9(7)14-5-10(15)13-11(16)6-14/h2-4H,5-6H2,1H3,(H,13,15,16). The van der Waals surface area contributed by atoms with E-state index < -0.39 is 0 Å². The van der Waals surface area contributed by atoms with Crippen molar-refractivity contribution in [1.82, 2.24) is 5.32 Å². The average molecular weight is 283 g/mol. The van der Waals surface area contributed by atoms with Gasteiger partial charge in [0.15, 0.2) is 0 Å². The number of carbonyl (C=O) groups is 2. The number of nitrogens with one attached hydrogen (secondary N) is 1. The highest BCUT2D eigenvalue weighted by molar-refractivity contribution is 9.10. The Morgan fingerprint density at radius 1 is 1.25 bits per heavy atom. The smallest absolute Gasteiger partial charge is 0.246 e. The minimum absolute atomic E-state index is 0.225. The highest BCUT2D eigenvalue weighted by Gasteiger charge is 2.23. The lowest BCUT2D eigenvalue weighted by Crippen LogP contribution is -2.51. The number of carbonyl (C=O) groups excluding carboxylic acids is 2. The number of hydrogen-bond acceptors (Lipinski definition) is 3. The van der Waals surface area contributed by atoms with Crippen LogP contribution in [0.4, 0.5) is 5.69 Å². The number of hydrogen-bond donors (Lipinski definition) is 1. The minimum Gasteiger partial charge on any atom is -0.353 e. The maximum absolute atomic E-state index is 11.3. The number of benzene rings is 1. The summed E-state index contributed by atoms with van der Waals surface area (Å²) in [5.74, 6) is -0.508. The molecule has 1 heterocycles. The fourth-order valence-corrected chi connectivity index (χ4v) is 2.08. The number of rotatable bonds is 1.